The van der Waals surface area contributed by atoms with Crippen LogP contribution in [-0.2, 0) is 20.1 Å². The first-order chi connectivity index (χ1) is 14.3. The van der Waals surface area contributed by atoms with Crippen LogP contribution >= 0.6 is 0 Å². The van der Waals surface area contributed by atoms with E-state index in [1.807, 2.05) is 90.8 Å². The van der Waals surface area contributed by atoms with Crippen molar-refractivity contribution < 1.29 is 20.1 Å². The van der Waals surface area contributed by atoms with Crippen LogP contribution in [0.4, 0.5) is 5.69 Å². The summed E-state index contributed by atoms with van der Waals surface area (Å²) >= 11 is 0. The average Bonchev–Trinajstić information content (AvgIpc) is 3.45. The Morgan fingerprint density at radius 2 is 1.80 bits per heavy atom. The zero-order chi connectivity index (χ0) is 19.6. The number of hydrogen-bond acceptors (Lipinski definition) is 4. The summed E-state index contributed by atoms with van der Waals surface area (Å²) < 4.78 is 0. The van der Waals surface area contributed by atoms with E-state index in [1.165, 1.54) is 11.1 Å². The van der Waals surface area contributed by atoms with Crippen LogP contribution in [0.5, 0.6) is 0 Å². The predicted octanol–water partition coefficient (Wildman–Crippen LogP) is 4.82. The van der Waals surface area contributed by atoms with Crippen LogP contribution in [0.2, 0.25) is 0 Å². The third-order valence-electron chi connectivity index (χ3n) is 5.06. The number of aromatic nitrogens is 2. The summed E-state index contributed by atoms with van der Waals surface area (Å²) in [6.07, 6.45) is 15.1. The normalized spacial score (nSPS) is 17.2. The van der Waals surface area contributed by atoms with E-state index >= 15 is 0 Å². The molecular weight excluding hydrogens is 549 g/mol. The van der Waals surface area contributed by atoms with Crippen LogP contribution < -0.4 is 4.90 Å². The van der Waals surface area contributed by atoms with Gasteiger partial charge in [0.1, 0.15) is 0 Å². The maximum absolute atomic E-state index is 4.50. The fraction of sp³-hybridized carbons (Fsp3) is 0.0800. The van der Waals surface area contributed by atoms with Gasteiger partial charge in [0, 0.05) is 23.7 Å². The van der Waals surface area contributed by atoms with E-state index in [1.54, 1.807) is 0 Å². The molecule has 0 saturated carbocycles. The smallest absolute Gasteiger partial charge is 0.510 e. The molecular formula is C25H19IrN4. The SMILES string of the molecule is CN1C=CN(c2[c-]cccc2)[CH-]1.[C-]1=CC=C2c3cccnc3-c3cccnc3C12.[Ir+3]. The number of allylic oxidation sites excluding steroid dienone is 4. The number of anilines is 1. The Kier molecular flexibility index (Phi) is 5.93. The van der Waals surface area contributed by atoms with Crippen LogP contribution in [-0.4, -0.2) is 21.9 Å². The molecule has 0 amide bonds. The quantitative estimate of drug-likeness (QED) is 0.395. The number of pyridine rings is 2. The van der Waals surface area contributed by atoms with E-state index in [0.29, 0.717) is 0 Å². The number of para-hydroxylation sites is 1. The molecule has 2 aromatic heterocycles. The first-order valence-electron chi connectivity index (χ1n) is 9.52. The number of nitrogens with zero attached hydrogens (tertiary/aromatic N) is 4. The van der Waals surface area contributed by atoms with Crippen molar-refractivity contribution in [2.75, 3.05) is 11.9 Å². The largest absolute Gasteiger partial charge is 3.00 e. The second-order valence-electron chi connectivity index (χ2n) is 6.96. The Morgan fingerprint density at radius 1 is 0.967 bits per heavy atom. The third-order valence-corrected chi connectivity index (χ3v) is 5.06. The topological polar surface area (TPSA) is 32.3 Å². The van der Waals surface area contributed by atoms with Crippen molar-refractivity contribution >= 4 is 11.3 Å². The number of rotatable bonds is 1. The molecule has 0 spiro atoms. The molecule has 1 atom stereocenters. The summed E-state index contributed by atoms with van der Waals surface area (Å²) in [5, 5.41) is 0. The molecule has 1 unspecified atom stereocenters. The van der Waals surface area contributed by atoms with Gasteiger partial charge in [-0.15, -0.1) is 11.3 Å². The van der Waals surface area contributed by atoms with E-state index < -0.39 is 0 Å². The molecule has 3 aliphatic rings. The summed E-state index contributed by atoms with van der Waals surface area (Å²) in [6.45, 7) is 2.01. The van der Waals surface area contributed by atoms with Crippen LogP contribution in [0.3, 0.4) is 0 Å². The first-order valence-corrected chi connectivity index (χ1v) is 9.52. The van der Waals surface area contributed by atoms with E-state index in [2.05, 4.69) is 40.3 Å². The molecule has 3 aromatic rings. The Hall–Kier alpha value is -3.01. The molecule has 0 bridgehead atoms. The molecule has 0 saturated heterocycles. The van der Waals surface area contributed by atoms with Crippen molar-refractivity contribution in [2.24, 2.45) is 0 Å². The van der Waals surface area contributed by atoms with Crippen LogP contribution in [0.25, 0.3) is 16.8 Å². The molecule has 1 aromatic carbocycles. The molecule has 5 heteroatoms. The Balaban J connectivity index is 0.000000149. The third kappa shape index (κ3) is 3.74. The summed E-state index contributed by atoms with van der Waals surface area (Å²) in [5.74, 6) is 0.183. The zero-order valence-corrected chi connectivity index (χ0v) is 18.8. The zero-order valence-electron chi connectivity index (χ0n) is 16.4. The summed E-state index contributed by atoms with van der Waals surface area (Å²) in [6, 6.07) is 19.2. The van der Waals surface area contributed by atoms with Crippen molar-refractivity contribution in [3.05, 3.63) is 116 Å². The van der Waals surface area contributed by atoms with E-state index in [4.69, 9.17) is 0 Å². The molecule has 30 heavy (non-hydrogen) atoms. The average molecular weight is 568 g/mol. The molecule has 1 aliphatic heterocycles. The van der Waals surface area contributed by atoms with E-state index in [-0.39, 0.29) is 26.0 Å². The van der Waals surface area contributed by atoms with Gasteiger partial charge in [0.2, 0.25) is 0 Å². The van der Waals surface area contributed by atoms with Gasteiger partial charge >= 0.3 is 20.1 Å². The number of fused-ring (bicyclic) bond motifs is 6. The van der Waals surface area contributed by atoms with Gasteiger partial charge < -0.3 is 9.80 Å². The molecule has 0 N–H and O–H groups in total. The van der Waals surface area contributed by atoms with Gasteiger partial charge in [-0.1, -0.05) is 6.07 Å². The fourth-order valence-corrected chi connectivity index (χ4v) is 3.73. The standard InChI is InChI=1S/C15H9N2.C10H10N2.Ir/c1-4-10-11(5-1)14-13(7-3-9-17-14)15-12(10)6-2-8-16-15;1-11-7-8-12(9-11)10-5-3-2-4-6-10;/h1-4,6-9,11H;2-5,7-9H,1H3;/q-1;-2;+3. The molecule has 148 valence electrons. The van der Waals surface area contributed by atoms with Crippen molar-refractivity contribution in [1.82, 2.24) is 14.9 Å². The van der Waals surface area contributed by atoms with Crippen molar-refractivity contribution in [2.45, 2.75) is 5.92 Å². The Labute approximate surface area is 190 Å². The fourth-order valence-electron chi connectivity index (χ4n) is 3.73. The molecule has 2 aliphatic carbocycles. The van der Waals surface area contributed by atoms with Gasteiger partial charge in [-0.2, -0.15) is 37.0 Å². The Bertz CT molecular complexity index is 1120. The van der Waals surface area contributed by atoms with Gasteiger partial charge in [0.15, 0.2) is 0 Å². The summed E-state index contributed by atoms with van der Waals surface area (Å²) in [7, 11) is 2.00. The first kappa shape index (κ1) is 20.3. The Morgan fingerprint density at radius 3 is 2.57 bits per heavy atom. The van der Waals surface area contributed by atoms with Gasteiger partial charge in [-0.25, -0.2) is 12.2 Å². The molecule has 4 nitrogen and oxygen atoms in total. The van der Waals surface area contributed by atoms with Crippen molar-refractivity contribution in [1.29, 1.82) is 0 Å². The molecule has 0 radical (unpaired) electrons. The molecule has 3 heterocycles. The van der Waals surface area contributed by atoms with Crippen LogP contribution in [0, 0.1) is 18.8 Å². The monoisotopic (exact) mass is 568 g/mol. The minimum absolute atomic E-state index is 0. The molecule has 6 rings (SSSR count). The van der Waals surface area contributed by atoms with Crippen molar-refractivity contribution in [3.63, 3.8) is 0 Å². The predicted molar refractivity (Wildman–Crippen MR) is 115 cm³/mol. The summed E-state index contributed by atoms with van der Waals surface area (Å²) in [4.78, 5) is 13.0. The maximum Gasteiger partial charge on any atom is 3.00 e. The van der Waals surface area contributed by atoms with Gasteiger partial charge in [-0.3, -0.25) is 16.0 Å². The number of benzene rings is 1. The van der Waals surface area contributed by atoms with Crippen molar-refractivity contribution in [3.8, 4) is 11.3 Å². The molecule has 0 fully saturated rings. The second-order valence-corrected chi connectivity index (χ2v) is 6.96. The van der Waals surface area contributed by atoms with Crippen LogP contribution in [0.1, 0.15) is 17.2 Å². The van der Waals surface area contributed by atoms with E-state index in [0.717, 1.165) is 22.6 Å². The summed E-state index contributed by atoms with van der Waals surface area (Å²) in [5.41, 5.74) is 6.78. The van der Waals surface area contributed by atoms with Gasteiger partial charge in [0.05, 0.1) is 5.69 Å². The van der Waals surface area contributed by atoms with Gasteiger partial charge in [0.25, 0.3) is 0 Å². The second kappa shape index (κ2) is 8.78. The minimum Gasteiger partial charge on any atom is -0.510 e. The number of hydrogen-bond donors (Lipinski definition) is 0. The van der Waals surface area contributed by atoms with E-state index in [9.17, 15) is 0 Å². The maximum atomic E-state index is 4.50. The van der Waals surface area contributed by atoms with Crippen LogP contribution in [0.15, 0.2) is 85.5 Å². The minimum atomic E-state index is 0. The van der Waals surface area contributed by atoms with Gasteiger partial charge in [-0.05, 0) is 49.1 Å².